The van der Waals surface area contributed by atoms with Gasteiger partial charge < -0.3 is 10.1 Å². The summed E-state index contributed by atoms with van der Waals surface area (Å²) in [6, 6.07) is 0. The molecule has 0 aromatic carbocycles. The van der Waals surface area contributed by atoms with Crippen LogP contribution in [0.25, 0.3) is 0 Å². The van der Waals surface area contributed by atoms with Crippen molar-refractivity contribution in [3.63, 3.8) is 0 Å². The first-order valence-electron chi connectivity index (χ1n) is 8.22. The zero-order valence-electron chi connectivity index (χ0n) is 14.4. The molecule has 0 spiro atoms. The molecule has 2 aromatic rings. The van der Waals surface area contributed by atoms with Crippen LogP contribution in [0, 0.1) is 5.92 Å². The van der Waals surface area contributed by atoms with Crippen molar-refractivity contribution in [2.45, 2.75) is 33.1 Å². The molecule has 8 heteroatoms. The number of nitrogens with one attached hydrogen (secondary N) is 1. The van der Waals surface area contributed by atoms with Gasteiger partial charge in [0.1, 0.15) is 5.00 Å². The molecule has 1 atom stereocenters. The van der Waals surface area contributed by atoms with Crippen LogP contribution in [0.1, 0.15) is 51.6 Å². The molecule has 134 valence electrons. The van der Waals surface area contributed by atoms with Crippen molar-refractivity contribution in [2.24, 2.45) is 13.0 Å². The summed E-state index contributed by atoms with van der Waals surface area (Å²) in [6.07, 6.45) is 4.51. The predicted octanol–water partition coefficient (Wildman–Crippen LogP) is 3.80. The first kappa shape index (κ1) is 18.1. The first-order chi connectivity index (χ1) is 11.9. The van der Waals surface area contributed by atoms with Crippen molar-refractivity contribution in [3.05, 3.63) is 32.4 Å². The summed E-state index contributed by atoms with van der Waals surface area (Å²) >= 11 is 4.81. The van der Waals surface area contributed by atoms with Crippen molar-refractivity contribution < 1.29 is 14.3 Å². The number of aryl methyl sites for hydroxylation is 1. The van der Waals surface area contributed by atoms with E-state index in [1.165, 1.54) is 11.3 Å². The average molecular weight is 426 g/mol. The average Bonchev–Trinajstić information content (AvgIpc) is 3.06. The van der Waals surface area contributed by atoms with E-state index >= 15 is 0 Å². The topological polar surface area (TPSA) is 73.2 Å². The molecule has 2 aromatic heterocycles. The Labute approximate surface area is 158 Å². The highest BCUT2D eigenvalue weighted by Gasteiger charge is 2.29. The fourth-order valence-electron chi connectivity index (χ4n) is 3.03. The number of anilines is 1. The third-order valence-electron chi connectivity index (χ3n) is 4.22. The van der Waals surface area contributed by atoms with Gasteiger partial charge in [0.25, 0.3) is 5.91 Å². The number of ether oxygens (including phenoxy) is 1. The second-order valence-electron chi connectivity index (χ2n) is 6.23. The summed E-state index contributed by atoms with van der Waals surface area (Å²) in [5, 5.41) is 7.58. The summed E-state index contributed by atoms with van der Waals surface area (Å²) in [5.74, 6) is -0.135. The maximum absolute atomic E-state index is 12.6. The number of carbonyl (C=O) groups is 2. The SMILES string of the molecule is CCOC(=O)c1c(NC(=O)c2nn(C)cc2Br)sc2c1CC[C@H](C)C2. The van der Waals surface area contributed by atoms with Gasteiger partial charge in [0.2, 0.25) is 0 Å². The second kappa shape index (κ2) is 7.29. The van der Waals surface area contributed by atoms with E-state index in [1.54, 1.807) is 24.9 Å². The smallest absolute Gasteiger partial charge is 0.341 e. The van der Waals surface area contributed by atoms with E-state index in [4.69, 9.17) is 4.74 Å². The molecule has 6 nitrogen and oxygen atoms in total. The molecule has 25 heavy (non-hydrogen) atoms. The standard InChI is InChI=1S/C17H20BrN3O3S/c1-4-24-17(23)13-10-6-5-9(2)7-12(10)25-16(13)19-15(22)14-11(18)8-21(3)20-14/h8-9H,4-7H2,1-3H3,(H,19,22)/t9-/m0/s1. The van der Waals surface area contributed by atoms with Crippen LogP contribution >= 0.6 is 27.3 Å². The molecule has 1 N–H and O–H groups in total. The minimum Gasteiger partial charge on any atom is -0.462 e. The Morgan fingerprint density at radius 1 is 1.52 bits per heavy atom. The van der Waals surface area contributed by atoms with Crippen LogP contribution in [-0.2, 0) is 24.6 Å². The Kier molecular flexibility index (Phi) is 5.29. The van der Waals surface area contributed by atoms with Crippen molar-refractivity contribution in [1.29, 1.82) is 0 Å². The number of hydrogen-bond acceptors (Lipinski definition) is 5. The quantitative estimate of drug-likeness (QED) is 0.755. The number of thiophene rings is 1. The molecule has 0 radical (unpaired) electrons. The molecular weight excluding hydrogens is 406 g/mol. The Morgan fingerprint density at radius 2 is 2.28 bits per heavy atom. The van der Waals surface area contributed by atoms with E-state index in [9.17, 15) is 9.59 Å². The number of aromatic nitrogens is 2. The molecule has 0 fully saturated rings. The minimum absolute atomic E-state index is 0.289. The van der Waals surface area contributed by atoms with Crippen molar-refractivity contribution in [3.8, 4) is 0 Å². The van der Waals surface area contributed by atoms with Crippen LogP contribution < -0.4 is 5.32 Å². The fraction of sp³-hybridized carbons (Fsp3) is 0.471. The van der Waals surface area contributed by atoms with Gasteiger partial charge in [0.15, 0.2) is 5.69 Å². The van der Waals surface area contributed by atoms with Gasteiger partial charge >= 0.3 is 5.97 Å². The predicted molar refractivity (Wildman–Crippen MR) is 100 cm³/mol. The number of halogens is 1. The minimum atomic E-state index is -0.370. The Balaban J connectivity index is 1.96. The van der Waals surface area contributed by atoms with Crippen LogP contribution in [0.2, 0.25) is 0 Å². The van der Waals surface area contributed by atoms with Crippen LogP contribution in [-0.4, -0.2) is 28.3 Å². The Bertz CT molecular complexity index is 827. The number of nitrogens with zero attached hydrogens (tertiary/aromatic N) is 2. The summed E-state index contributed by atoms with van der Waals surface area (Å²) in [7, 11) is 1.75. The van der Waals surface area contributed by atoms with Gasteiger partial charge in [-0.2, -0.15) is 5.10 Å². The highest BCUT2D eigenvalue weighted by Crippen LogP contribution is 2.40. The zero-order valence-corrected chi connectivity index (χ0v) is 16.8. The van der Waals surface area contributed by atoms with E-state index in [0.29, 0.717) is 27.6 Å². The van der Waals surface area contributed by atoms with Crippen LogP contribution in [0.3, 0.4) is 0 Å². The van der Waals surface area contributed by atoms with Crippen LogP contribution in [0.5, 0.6) is 0 Å². The third-order valence-corrected chi connectivity index (χ3v) is 5.97. The van der Waals surface area contributed by atoms with Crippen LogP contribution in [0.4, 0.5) is 5.00 Å². The summed E-state index contributed by atoms with van der Waals surface area (Å²) in [5.41, 5.74) is 1.82. The largest absolute Gasteiger partial charge is 0.462 e. The molecular formula is C17H20BrN3O3S. The molecule has 0 bridgehead atoms. The lowest BCUT2D eigenvalue weighted by molar-refractivity contribution is 0.0526. The van der Waals surface area contributed by atoms with E-state index in [-0.39, 0.29) is 17.6 Å². The van der Waals surface area contributed by atoms with Crippen molar-refractivity contribution >= 4 is 44.1 Å². The van der Waals surface area contributed by atoms with E-state index in [1.807, 2.05) is 0 Å². The lowest BCUT2D eigenvalue weighted by atomic mass is 9.88. The normalized spacial score (nSPS) is 16.4. The van der Waals surface area contributed by atoms with Gasteiger partial charge in [0, 0.05) is 18.1 Å². The maximum Gasteiger partial charge on any atom is 0.341 e. The monoisotopic (exact) mass is 425 g/mol. The molecule has 0 unspecified atom stereocenters. The number of amides is 1. The molecule has 0 saturated carbocycles. The Morgan fingerprint density at radius 3 is 2.92 bits per heavy atom. The molecule has 1 aliphatic rings. The van der Waals surface area contributed by atoms with Gasteiger partial charge in [0.05, 0.1) is 16.6 Å². The van der Waals surface area contributed by atoms with E-state index < -0.39 is 0 Å². The van der Waals surface area contributed by atoms with Gasteiger partial charge in [-0.05, 0) is 53.6 Å². The zero-order chi connectivity index (χ0) is 18.1. The van der Waals surface area contributed by atoms with Gasteiger partial charge in [-0.15, -0.1) is 11.3 Å². The van der Waals surface area contributed by atoms with E-state index in [2.05, 4.69) is 33.3 Å². The molecule has 3 rings (SSSR count). The highest BCUT2D eigenvalue weighted by molar-refractivity contribution is 9.10. The van der Waals surface area contributed by atoms with E-state index in [0.717, 1.165) is 29.7 Å². The molecule has 1 aliphatic carbocycles. The number of esters is 1. The summed E-state index contributed by atoms with van der Waals surface area (Å²) < 4.78 is 7.40. The lowest BCUT2D eigenvalue weighted by Crippen LogP contribution is -2.17. The van der Waals surface area contributed by atoms with Gasteiger partial charge in [-0.3, -0.25) is 9.48 Å². The molecule has 1 amide bonds. The summed E-state index contributed by atoms with van der Waals surface area (Å²) in [4.78, 5) is 26.2. The molecule has 0 aliphatic heterocycles. The third kappa shape index (κ3) is 3.64. The lowest BCUT2D eigenvalue weighted by Gasteiger charge is -2.18. The maximum atomic E-state index is 12.6. The number of hydrogen-bond donors (Lipinski definition) is 1. The first-order valence-corrected chi connectivity index (χ1v) is 9.83. The van der Waals surface area contributed by atoms with Gasteiger partial charge in [-0.1, -0.05) is 6.92 Å². The molecule has 2 heterocycles. The molecule has 0 saturated heterocycles. The Hall–Kier alpha value is -1.67. The fourth-order valence-corrected chi connectivity index (χ4v) is 4.98. The van der Waals surface area contributed by atoms with Crippen LogP contribution in [0.15, 0.2) is 10.7 Å². The second-order valence-corrected chi connectivity index (χ2v) is 8.19. The number of rotatable bonds is 4. The highest BCUT2D eigenvalue weighted by atomic mass is 79.9. The number of fused-ring (bicyclic) bond motifs is 1. The summed E-state index contributed by atoms with van der Waals surface area (Å²) in [6.45, 7) is 4.29. The van der Waals surface area contributed by atoms with Crippen molar-refractivity contribution in [1.82, 2.24) is 9.78 Å². The number of carbonyl (C=O) groups excluding carboxylic acids is 2. The van der Waals surface area contributed by atoms with Gasteiger partial charge in [-0.25, -0.2) is 4.79 Å². The van der Waals surface area contributed by atoms with Crippen molar-refractivity contribution in [2.75, 3.05) is 11.9 Å².